The molecule has 2 aromatic carbocycles. The summed E-state index contributed by atoms with van der Waals surface area (Å²) in [6.07, 6.45) is 3.38. The molecular weight excluding hydrogens is 462 g/mol. The van der Waals surface area contributed by atoms with Crippen LogP contribution >= 0.6 is 0 Å². The van der Waals surface area contributed by atoms with Crippen LogP contribution in [0.2, 0.25) is 0 Å². The number of carboxylic acids is 1. The second kappa shape index (κ2) is 11.4. The van der Waals surface area contributed by atoms with Gasteiger partial charge in [0.2, 0.25) is 17.7 Å². The highest BCUT2D eigenvalue weighted by atomic mass is 16.5. The molecule has 4 rings (SSSR count). The monoisotopic (exact) mass is 489 g/mol. The highest BCUT2D eigenvalue weighted by Gasteiger charge is 2.22. The molecule has 1 atom stereocenters. The molecule has 9 heteroatoms. The number of likely N-dealkylation sites (tertiary alicyclic amines) is 1. The molecule has 0 radical (unpaired) electrons. The normalized spacial score (nSPS) is 15.1. The molecule has 2 amide bonds. The number of para-hydroxylation sites is 1. The van der Waals surface area contributed by atoms with E-state index < -0.39 is 5.97 Å². The van der Waals surface area contributed by atoms with Gasteiger partial charge in [-0.3, -0.25) is 9.59 Å². The quantitative estimate of drug-likeness (QED) is 0.488. The molecule has 2 N–H and O–H groups in total. The van der Waals surface area contributed by atoms with Gasteiger partial charge in [0, 0.05) is 25.7 Å². The number of nitrogens with zero attached hydrogens (tertiary/aromatic N) is 2. The predicted molar refractivity (Wildman–Crippen MR) is 132 cm³/mol. The molecule has 1 aliphatic rings. The van der Waals surface area contributed by atoms with E-state index in [0.717, 1.165) is 19.4 Å². The van der Waals surface area contributed by atoms with Crippen molar-refractivity contribution in [3.63, 3.8) is 0 Å². The second-order valence-corrected chi connectivity index (χ2v) is 8.50. The lowest BCUT2D eigenvalue weighted by Gasteiger charge is -2.32. The van der Waals surface area contributed by atoms with Gasteiger partial charge in [-0.15, -0.1) is 0 Å². The summed E-state index contributed by atoms with van der Waals surface area (Å²) in [5, 5.41) is 11.9. The van der Waals surface area contributed by atoms with Crippen molar-refractivity contribution in [2.24, 2.45) is 0 Å². The maximum absolute atomic E-state index is 12.4. The summed E-state index contributed by atoms with van der Waals surface area (Å²) in [4.78, 5) is 41.3. The minimum absolute atomic E-state index is 0.0286. The third-order valence-corrected chi connectivity index (χ3v) is 5.77. The van der Waals surface area contributed by atoms with Gasteiger partial charge in [0.05, 0.1) is 24.2 Å². The van der Waals surface area contributed by atoms with Crippen molar-refractivity contribution in [3.05, 3.63) is 78.0 Å². The first-order valence-electron chi connectivity index (χ1n) is 11.6. The first-order valence-corrected chi connectivity index (χ1v) is 11.6. The minimum atomic E-state index is -1.11. The van der Waals surface area contributed by atoms with Crippen molar-refractivity contribution in [3.8, 4) is 17.4 Å². The first-order chi connectivity index (χ1) is 17.4. The fraction of sp³-hybridized carbons (Fsp3) is 0.259. The molecule has 186 valence electrons. The fourth-order valence-electron chi connectivity index (χ4n) is 3.95. The predicted octanol–water partition coefficient (Wildman–Crippen LogP) is 4.14. The van der Waals surface area contributed by atoms with E-state index in [1.54, 1.807) is 60.5 Å². The lowest BCUT2D eigenvalue weighted by Crippen LogP contribution is -2.43. The van der Waals surface area contributed by atoms with Crippen LogP contribution in [0.5, 0.6) is 17.4 Å². The topological polar surface area (TPSA) is 118 Å². The van der Waals surface area contributed by atoms with Crippen LogP contribution in [0.4, 0.5) is 5.69 Å². The maximum atomic E-state index is 12.4. The average Bonchev–Trinajstić information content (AvgIpc) is 2.87. The Morgan fingerprint density at radius 3 is 2.50 bits per heavy atom. The molecule has 1 saturated heterocycles. The number of hydrogen-bond donors (Lipinski definition) is 2. The molecule has 36 heavy (non-hydrogen) atoms. The van der Waals surface area contributed by atoms with Gasteiger partial charge in [-0.2, -0.15) is 0 Å². The van der Waals surface area contributed by atoms with Crippen LogP contribution in [0.25, 0.3) is 0 Å². The fourth-order valence-corrected chi connectivity index (χ4v) is 3.95. The van der Waals surface area contributed by atoms with Crippen molar-refractivity contribution in [1.82, 2.24) is 9.88 Å². The van der Waals surface area contributed by atoms with Crippen molar-refractivity contribution in [2.75, 3.05) is 18.4 Å². The summed E-state index contributed by atoms with van der Waals surface area (Å²) >= 11 is 0. The van der Waals surface area contributed by atoms with Crippen molar-refractivity contribution in [2.45, 2.75) is 32.3 Å². The number of rotatable bonds is 8. The molecule has 0 bridgehead atoms. The molecule has 2 heterocycles. The summed E-state index contributed by atoms with van der Waals surface area (Å²) in [6.45, 7) is 2.94. The molecule has 1 aromatic heterocycles. The molecule has 9 nitrogen and oxygen atoms in total. The van der Waals surface area contributed by atoms with Gasteiger partial charge in [-0.25, -0.2) is 9.78 Å². The summed E-state index contributed by atoms with van der Waals surface area (Å²) < 4.78 is 11.8. The van der Waals surface area contributed by atoms with E-state index in [4.69, 9.17) is 9.47 Å². The number of aromatic carboxylic acids is 1. The Morgan fingerprint density at radius 1 is 1.06 bits per heavy atom. The number of benzene rings is 2. The number of nitrogens with one attached hydrogen (secondary N) is 1. The zero-order valence-electron chi connectivity index (χ0n) is 19.8. The Hall–Kier alpha value is -4.40. The van der Waals surface area contributed by atoms with Crippen LogP contribution in [0.3, 0.4) is 0 Å². The van der Waals surface area contributed by atoms with Gasteiger partial charge in [-0.05, 0) is 54.8 Å². The Bertz CT molecular complexity index is 1230. The van der Waals surface area contributed by atoms with E-state index in [9.17, 15) is 19.5 Å². The van der Waals surface area contributed by atoms with Crippen LogP contribution in [-0.2, 0) is 16.0 Å². The molecule has 1 fully saturated rings. The van der Waals surface area contributed by atoms with Crippen molar-refractivity contribution in [1.29, 1.82) is 0 Å². The Morgan fingerprint density at radius 2 is 1.81 bits per heavy atom. The van der Waals surface area contributed by atoms with Gasteiger partial charge in [-0.1, -0.05) is 18.2 Å². The Labute approximate surface area is 208 Å². The lowest BCUT2D eigenvalue weighted by molar-refractivity contribution is -0.131. The largest absolute Gasteiger partial charge is 0.489 e. The number of aromatic nitrogens is 1. The van der Waals surface area contributed by atoms with Crippen LogP contribution in [-0.4, -0.2) is 52.0 Å². The number of carbonyl (C=O) groups excluding carboxylic acids is 2. The van der Waals surface area contributed by atoms with Crippen LogP contribution in [0, 0.1) is 0 Å². The lowest BCUT2D eigenvalue weighted by atomic mass is 10.1. The van der Waals surface area contributed by atoms with Gasteiger partial charge in [0.25, 0.3) is 0 Å². The molecule has 0 aliphatic carbocycles. The number of hydrogen-bond acceptors (Lipinski definition) is 6. The van der Waals surface area contributed by atoms with E-state index in [1.807, 2.05) is 12.1 Å². The molecule has 3 aromatic rings. The number of carbonyl (C=O) groups is 3. The summed E-state index contributed by atoms with van der Waals surface area (Å²) in [7, 11) is 0. The molecular formula is C27H27N3O6. The van der Waals surface area contributed by atoms with Crippen molar-refractivity contribution < 1.29 is 29.0 Å². The molecule has 0 spiro atoms. The zero-order valence-corrected chi connectivity index (χ0v) is 19.8. The number of amides is 2. The number of piperidine rings is 1. The third-order valence-electron chi connectivity index (χ3n) is 5.77. The van der Waals surface area contributed by atoms with Gasteiger partial charge in [0.15, 0.2) is 0 Å². The van der Waals surface area contributed by atoms with Crippen LogP contribution < -0.4 is 14.8 Å². The average molecular weight is 490 g/mol. The number of pyridine rings is 1. The molecule has 1 aliphatic heterocycles. The highest BCUT2D eigenvalue weighted by Crippen LogP contribution is 2.25. The van der Waals surface area contributed by atoms with Gasteiger partial charge < -0.3 is 24.8 Å². The summed E-state index contributed by atoms with van der Waals surface area (Å²) in [5.74, 6) is 0.265. The number of ether oxygens (including phenoxy) is 2. The van der Waals surface area contributed by atoms with E-state index >= 15 is 0 Å². The maximum Gasteiger partial charge on any atom is 0.337 e. The van der Waals surface area contributed by atoms with Crippen LogP contribution in [0.1, 0.15) is 35.7 Å². The minimum Gasteiger partial charge on any atom is -0.489 e. The smallest absolute Gasteiger partial charge is 0.337 e. The Kier molecular flexibility index (Phi) is 7.79. The molecule has 0 unspecified atom stereocenters. The summed E-state index contributed by atoms with van der Waals surface area (Å²) in [5.41, 5.74) is 0.930. The first kappa shape index (κ1) is 24.7. The SMILES string of the molecule is CC(=O)N1CCC[C@@H](Oc2ccc(Oc3ccc(CC(=O)Nc4ccccc4C(=O)O)cn3)cc2)C1. The summed E-state index contributed by atoms with van der Waals surface area (Å²) in [6, 6.07) is 16.8. The van der Waals surface area contributed by atoms with E-state index in [-0.39, 0.29) is 35.6 Å². The van der Waals surface area contributed by atoms with E-state index in [2.05, 4.69) is 10.3 Å². The van der Waals surface area contributed by atoms with Crippen molar-refractivity contribution >= 4 is 23.5 Å². The zero-order chi connectivity index (χ0) is 25.5. The van der Waals surface area contributed by atoms with Gasteiger partial charge >= 0.3 is 5.97 Å². The van der Waals surface area contributed by atoms with Crippen LogP contribution in [0.15, 0.2) is 66.9 Å². The van der Waals surface area contributed by atoms with E-state index in [1.165, 1.54) is 6.07 Å². The second-order valence-electron chi connectivity index (χ2n) is 8.50. The molecule has 0 saturated carbocycles. The highest BCUT2D eigenvalue weighted by molar-refractivity contribution is 6.00. The standard InChI is InChI=1S/C27H27N3O6/c1-18(31)30-14-4-5-22(17-30)35-20-9-11-21(12-10-20)36-26-13-8-19(16-28-26)15-25(32)29-24-7-3-2-6-23(24)27(33)34/h2-3,6-13,16,22H,4-5,14-15,17H2,1H3,(H,29,32)(H,33,34)/t22-/m1/s1. The van der Waals surface area contributed by atoms with E-state index in [0.29, 0.717) is 29.5 Å². The number of anilines is 1. The van der Waals surface area contributed by atoms with Gasteiger partial charge in [0.1, 0.15) is 17.6 Å². The number of carboxylic acid groups (broad SMARTS) is 1. The third kappa shape index (κ3) is 6.59. The Balaban J connectivity index is 1.29.